The van der Waals surface area contributed by atoms with E-state index in [0.29, 0.717) is 18.7 Å². The van der Waals surface area contributed by atoms with E-state index < -0.39 is 0 Å². The Labute approximate surface area is 108 Å². The molecule has 1 rings (SSSR count). The Bertz CT molecular complexity index is 451. The van der Waals surface area contributed by atoms with E-state index in [9.17, 15) is 4.79 Å². The van der Waals surface area contributed by atoms with Crippen molar-refractivity contribution in [2.75, 3.05) is 13.7 Å². The van der Waals surface area contributed by atoms with Crippen LogP contribution in [0.15, 0.2) is 24.3 Å². The maximum Gasteiger partial charge on any atom is 0.323 e. The molecule has 0 aromatic heterocycles. The van der Waals surface area contributed by atoms with Gasteiger partial charge in [0.05, 0.1) is 18.2 Å². The minimum Gasteiger partial charge on any atom is -0.465 e. The van der Waals surface area contributed by atoms with Crippen molar-refractivity contribution in [1.82, 2.24) is 4.90 Å². The van der Waals surface area contributed by atoms with Crippen LogP contribution in [0.2, 0.25) is 0 Å². The fourth-order valence-corrected chi connectivity index (χ4v) is 1.61. The smallest absolute Gasteiger partial charge is 0.323 e. The molecule has 0 radical (unpaired) electrons. The fraction of sp³-hybridized carbons (Fsp3) is 0.429. The summed E-state index contributed by atoms with van der Waals surface area (Å²) in [6, 6.07) is 9.18. The molecule has 0 N–H and O–H groups in total. The molecule has 0 aliphatic heterocycles. The average molecular weight is 246 g/mol. The fourth-order valence-electron chi connectivity index (χ4n) is 1.61. The third-order valence-electron chi connectivity index (χ3n) is 2.78. The summed E-state index contributed by atoms with van der Waals surface area (Å²) >= 11 is 0. The summed E-state index contributed by atoms with van der Waals surface area (Å²) in [6.07, 6.45) is 0. The molecule has 0 heterocycles. The molecule has 1 aromatic carbocycles. The summed E-state index contributed by atoms with van der Waals surface area (Å²) in [5.74, 6) is -0.226. The summed E-state index contributed by atoms with van der Waals surface area (Å²) in [7, 11) is 1.86. The van der Waals surface area contributed by atoms with Gasteiger partial charge in [-0.05, 0) is 38.6 Å². The molecule has 1 unspecified atom stereocenters. The summed E-state index contributed by atoms with van der Waals surface area (Å²) in [6.45, 7) is 4.60. The lowest BCUT2D eigenvalue weighted by atomic mass is 10.1. The van der Waals surface area contributed by atoms with Crippen molar-refractivity contribution in [2.45, 2.75) is 26.4 Å². The number of nitrogens with zero attached hydrogens (tertiary/aromatic N) is 2. The van der Waals surface area contributed by atoms with Gasteiger partial charge in [0.2, 0.25) is 0 Å². The maximum atomic E-state index is 11.6. The van der Waals surface area contributed by atoms with Crippen molar-refractivity contribution in [3.05, 3.63) is 35.4 Å². The standard InChI is InChI=1S/C14H18N2O2/c1-4-18-14(17)11(2)16(3)10-13-7-5-6-12(8-13)9-15/h5-8,11H,4,10H2,1-3H3. The highest BCUT2D eigenvalue weighted by Crippen LogP contribution is 2.09. The molecule has 0 amide bonds. The molecular weight excluding hydrogens is 228 g/mol. The Morgan fingerprint density at radius 1 is 1.56 bits per heavy atom. The third-order valence-corrected chi connectivity index (χ3v) is 2.78. The van der Waals surface area contributed by atoms with Crippen molar-refractivity contribution in [2.24, 2.45) is 0 Å². The molecule has 4 heteroatoms. The highest BCUT2D eigenvalue weighted by molar-refractivity contribution is 5.75. The monoisotopic (exact) mass is 246 g/mol. The molecule has 1 atom stereocenters. The summed E-state index contributed by atoms with van der Waals surface area (Å²) in [4.78, 5) is 13.5. The largest absolute Gasteiger partial charge is 0.465 e. The number of carbonyl (C=O) groups is 1. The molecule has 0 saturated carbocycles. The van der Waals surface area contributed by atoms with E-state index in [0.717, 1.165) is 5.56 Å². The van der Waals surface area contributed by atoms with Crippen LogP contribution >= 0.6 is 0 Å². The van der Waals surface area contributed by atoms with Crippen LogP contribution in [0.4, 0.5) is 0 Å². The summed E-state index contributed by atoms with van der Waals surface area (Å²) in [5, 5.41) is 8.83. The van der Waals surface area contributed by atoms with Crippen molar-refractivity contribution < 1.29 is 9.53 Å². The van der Waals surface area contributed by atoms with E-state index >= 15 is 0 Å². The molecule has 0 saturated heterocycles. The molecule has 0 fully saturated rings. The van der Waals surface area contributed by atoms with Gasteiger partial charge in [-0.25, -0.2) is 0 Å². The lowest BCUT2D eigenvalue weighted by molar-refractivity contribution is -0.148. The Balaban J connectivity index is 2.66. The first-order chi connectivity index (χ1) is 8.58. The Morgan fingerprint density at radius 2 is 2.28 bits per heavy atom. The average Bonchev–Trinajstić information content (AvgIpc) is 2.38. The summed E-state index contributed by atoms with van der Waals surface area (Å²) in [5.41, 5.74) is 1.64. The highest BCUT2D eigenvalue weighted by atomic mass is 16.5. The van der Waals surface area contributed by atoms with Gasteiger partial charge in [0.15, 0.2) is 0 Å². The Morgan fingerprint density at radius 3 is 2.89 bits per heavy atom. The lowest BCUT2D eigenvalue weighted by Gasteiger charge is -2.22. The SMILES string of the molecule is CCOC(=O)C(C)N(C)Cc1cccc(C#N)c1. The van der Waals surface area contributed by atoms with Gasteiger partial charge in [-0.1, -0.05) is 12.1 Å². The first kappa shape index (κ1) is 14.2. The van der Waals surface area contributed by atoms with E-state index in [2.05, 4.69) is 6.07 Å². The number of esters is 1. The maximum absolute atomic E-state index is 11.6. The molecule has 18 heavy (non-hydrogen) atoms. The predicted molar refractivity (Wildman–Crippen MR) is 68.7 cm³/mol. The minimum absolute atomic E-state index is 0.226. The first-order valence-electron chi connectivity index (χ1n) is 5.94. The lowest BCUT2D eigenvalue weighted by Crippen LogP contribution is -2.36. The minimum atomic E-state index is -0.296. The Kier molecular flexibility index (Phi) is 5.34. The second-order valence-corrected chi connectivity index (χ2v) is 4.16. The third kappa shape index (κ3) is 3.86. The van der Waals surface area contributed by atoms with Gasteiger partial charge in [0, 0.05) is 6.54 Å². The molecule has 0 aliphatic rings. The zero-order valence-corrected chi connectivity index (χ0v) is 11.0. The van der Waals surface area contributed by atoms with Gasteiger partial charge in [0.1, 0.15) is 6.04 Å². The van der Waals surface area contributed by atoms with Gasteiger partial charge in [-0.3, -0.25) is 9.69 Å². The van der Waals surface area contributed by atoms with Crippen LogP contribution in [0.1, 0.15) is 25.0 Å². The van der Waals surface area contributed by atoms with Crippen LogP contribution < -0.4 is 0 Å². The number of likely N-dealkylation sites (N-methyl/N-ethyl adjacent to an activating group) is 1. The van der Waals surface area contributed by atoms with Crippen molar-refractivity contribution >= 4 is 5.97 Å². The molecule has 96 valence electrons. The first-order valence-corrected chi connectivity index (χ1v) is 5.94. The van der Waals surface area contributed by atoms with Gasteiger partial charge >= 0.3 is 5.97 Å². The number of hydrogen-bond acceptors (Lipinski definition) is 4. The van der Waals surface area contributed by atoms with Gasteiger partial charge in [-0.2, -0.15) is 5.26 Å². The predicted octanol–water partition coefficient (Wildman–Crippen LogP) is 1.94. The number of ether oxygens (including phenoxy) is 1. The van der Waals surface area contributed by atoms with Crippen molar-refractivity contribution in [3.63, 3.8) is 0 Å². The van der Waals surface area contributed by atoms with Crippen LogP contribution in [0.3, 0.4) is 0 Å². The molecule has 4 nitrogen and oxygen atoms in total. The molecular formula is C14H18N2O2. The quantitative estimate of drug-likeness (QED) is 0.745. The van der Waals surface area contributed by atoms with Gasteiger partial charge in [0.25, 0.3) is 0 Å². The van der Waals surface area contributed by atoms with E-state index in [1.807, 2.05) is 37.1 Å². The van der Waals surface area contributed by atoms with Crippen LogP contribution in [-0.4, -0.2) is 30.6 Å². The van der Waals surface area contributed by atoms with E-state index in [-0.39, 0.29) is 12.0 Å². The molecule has 0 aliphatic carbocycles. The molecule has 0 spiro atoms. The zero-order chi connectivity index (χ0) is 13.5. The summed E-state index contributed by atoms with van der Waals surface area (Å²) < 4.78 is 4.97. The molecule has 1 aromatic rings. The Hall–Kier alpha value is -1.86. The molecule has 0 bridgehead atoms. The van der Waals surface area contributed by atoms with Crippen LogP contribution in [0.25, 0.3) is 0 Å². The normalized spacial score (nSPS) is 11.9. The van der Waals surface area contributed by atoms with E-state index in [1.165, 1.54) is 0 Å². The second kappa shape index (κ2) is 6.77. The van der Waals surface area contributed by atoms with Crippen molar-refractivity contribution in [3.8, 4) is 6.07 Å². The van der Waals surface area contributed by atoms with E-state index in [4.69, 9.17) is 10.00 Å². The number of carbonyl (C=O) groups excluding carboxylic acids is 1. The van der Waals surface area contributed by atoms with Crippen LogP contribution in [0.5, 0.6) is 0 Å². The zero-order valence-electron chi connectivity index (χ0n) is 11.0. The van der Waals surface area contributed by atoms with Gasteiger partial charge in [-0.15, -0.1) is 0 Å². The van der Waals surface area contributed by atoms with Gasteiger partial charge < -0.3 is 4.74 Å². The number of benzene rings is 1. The topological polar surface area (TPSA) is 53.3 Å². The second-order valence-electron chi connectivity index (χ2n) is 4.16. The number of hydrogen-bond donors (Lipinski definition) is 0. The van der Waals surface area contributed by atoms with Crippen LogP contribution in [-0.2, 0) is 16.1 Å². The van der Waals surface area contributed by atoms with Crippen LogP contribution in [0, 0.1) is 11.3 Å². The number of nitriles is 1. The van der Waals surface area contributed by atoms with Crippen molar-refractivity contribution in [1.29, 1.82) is 5.26 Å². The number of rotatable bonds is 5. The van der Waals surface area contributed by atoms with E-state index in [1.54, 1.807) is 13.0 Å². The highest BCUT2D eigenvalue weighted by Gasteiger charge is 2.19.